The first kappa shape index (κ1) is 15.7. The number of nitrogens with zero attached hydrogens (tertiary/aromatic N) is 2. The number of aromatic nitrogens is 1. The minimum Gasteiger partial charge on any atom is -0.379 e. The van der Waals surface area contributed by atoms with Crippen LogP contribution in [0.25, 0.3) is 0 Å². The first-order chi connectivity index (χ1) is 9.18. The number of morpholine rings is 1. The van der Waals surface area contributed by atoms with E-state index in [0.717, 1.165) is 24.4 Å². The molecular formula is C13H19F3N2OS. The maximum absolute atomic E-state index is 12.9. The minimum atomic E-state index is -4.37. The van der Waals surface area contributed by atoms with Crippen molar-refractivity contribution in [3.8, 4) is 0 Å². The van der Waals surface area contributed by atoms with Crippen LogP contribution in [0.4, 0.5) is 13.2 Å². The van der Waals surface area contributed by atoms with Crippen molar-refractivity contribution in [3.05, 3.63) is 15.6 Å². The maximum Gasteiger partial charge on any atom is 0.443 e. The summed E-state index contributed by atoms with van der Waals surface area (Å²) in [5, 5.41) is -0.745. The zero-order chi connectivity index (χ0) is 15.0. The van der Waals surface area contributed by atoms with Crippen molar-refractivity contribution < 1.29 is 17.9 Å². The van der Waals surface area contributed by atoms with Crippen LogP contribution in [-0.2, 0) is 22.9 Å². The molecule has 0 atom stereocenters. The van der Waals surface area contributed by atoms with Crippen molar-refractivity contribution in [3.63, 3.8) is 0 Å². The Morgan fingerprint density at radius 1 is 1.20 bits per heavy atom. The van der Waals surface area contributed by atoms with Gasteiger partial charge < -0.3 is 4.74 Å². The quantitative estimate of drug-likeness (QED) is 0.838. The normalized spacial score (nSPS) is 18.5. The average molecular weight is 308 g/mol. The second kappa shape index (κ2) is 5.61. The highest BCUT2D eigenvalue weighted by Gasteiger charge is 2.38. The van der Waals surface area contributed by atoms with Gasteiger partial charge in [0.1, 0.15) is 0 Å². The van der Waals surface area contributed by atoms with Crippen LogP contribution in [0.2, 0.25) is 0 Å². The number of hydrogen-bond acceptors (Lipinski definition) is 4. The molecule has 0 spiro atoms. The molecule has 0 amide bonds. The molecular weight excluding hydrogens is 289 g/mol. The molecule has 0 saturated carbocycles. The van der Waals surface area contributed by atoms with Crippen LogP contribution in [-0.4, -0.2) is 36.2 Å². The highest BCUT2D eigenvalue weighted by atomic mass is 32.1. The van der Waals surface area contributed by atoms with Crippen LogP contribution < -0.4 is 0 Å². The van der Waals surface area contributed by atoms with E-state index in [1.165, 1.54) is 0 Å². The Bertz CT molecular complexity index is 459. The predicted octanol–water partition coefficient (Wildman–Crippen LogP) is 3.29. The molecule has 114 valence electrons. The number of alkyl halides is 3. The topological polar surface area (TPSA) is 25.4 Å². The molecule has 0 radical (unpaired) electrons. The molecule has 0 N–H and O–H groups in total. The molecule has 1 fully saturated rings. The van der Waals surface area contributed by atoms with E-state index in [-0.39, 0.29) is 5.41 Å². The van der Waals surface area contributed by atoms with Gasteiger partial charge in [-0.2, -0.15) is 13.2 Å². The standard InChI is InChI=1S/C13H19F3N2OS/c1-12(2,3)10-9(8-18-4-6-19-7-5-18)20-11(17-10)13(14,15)16/h4-8H2,1-3H3. The monoisotopic (exact) mass is 308 g/mol. The van der Waals surface area contributed by atoms with Crippen molar-refractivity contribution in [2.75, 3.05) is 26.3 Å². The second-order valence-electron chi connectivity index (χ2n) is 5.93. The summed E-state index contributed by atoms with van der Waals surface area (Å²) in [6, 6.07) is 0. The fourth-order valence-electron chi connectivity index (χ4n) is 2.13. The Morgan fingerprint density at radius 3 is 2.30 bits per heavy atom. The largest absolute Gasteiger partial charge is 0.443 e. The number of thiazole rings is 1. The van der Waals surface area contributed by atoms with Gasteiger partial charge in [-0.05, 0) is 0 Å². The average Bonchev–Trinajstić information content (AvgIpc) is 2.74. The lowest BCUT2D eigenvalue weighted by Gasteiger charge is -2.27. The van der Waals surface area contributed by atoms with Gasteiger partial charge in [-0.15, -0.1) is 11.3 Å². The van der Waals surface area contributed by atoms with Crippen molar-refractivity contribution in [2.24, 2.45) is 0 Å². The molecule has 1 aliphatic heterocycles. The molecule has 3 nitrogen and oxygen atoms in total. The van der Waals surface area contributed by atoms with Gasteiger partial charge in [0, 0.05) is 29.9 Å². The van der Waals surface area contributed by atoms with E-state index in [9.17, 15) is 13.2 Å². The summed E-state index contributed by atoms with van der Waals surface area (Å²) < 4.78 is 43.8. The zero-order valence-electron chi connectivity index (χ0n) is 11.9. The van der Waals surface area contributed by atoms with E-state index in [1.807, 2.05) is 20.8 Å². The van der Waals surface area contributed by atoms with Crippen LogP contribution >= 0.6 is 11.3 Å². The van der Waals surface area contributed by atoms with E-state index in [0.29, 0.717) is 30.3 Å². The molecule has 1 aromatic heterocycles. The fraction of sp³-hybridized carbons (Fsp3) is 0.769. The molecule has 2 rings (SSSR count). The summed E-state index contributed by atoms with van der Waals surface area (Å²) in [4.78, 5) is 6.69. The van der Waals surface area contributed by atoms with Crippen molar-refractivity contribution in [2.45, 2.75) is 38.9 Å². The summed E-state index contributed by atoms with van der Waals surface area (Å²) in [5.74, 6) is 0. The molecule has 20 heavy (non-hydrogen) atoms. The summed E-state index contributed by atoms with van der Waals surface area (Å²) in [7, 11) is 0. The highest BCUT2D eigenvalue weighted by Crippen LogP contribution is 2.38. The highest BCUT2D eigenvalue weighted by molar-refractivity contribution is 7.11. The molecule has 0 aliphatic carbocycles. The number of halogens is 3. The van der Waals surface area contributed by atoms with E-state index in [1.54, 1.807) is 0 Å². The van der Waals surface area contributed by atoms with Gasteiger partial charge in [0.2, 0.25) is 0 Å². The number of rotatable bonds is 2. The Kier molecular flexibility index (Phi) is 4.41. The number of ether oxygens (including phenoxy) is 1. The first-order valence-electron chi connectivity index (χ1n) is 6.55. The third-order valence-corrected chi connectivity index (χ3v) is 4.21. The molecule has 7 heteroatoms. The van der Waals surface area contributed by atoms with Gasteiger partial charge in [0.15, 0.2) is 5.01 Å². The Labute approximate surface area is 120 Å². The van der Waals surface area contributed by atoms with E-state index in [4.69, 9.17) is 4.74 Å². The van der Waals surface area contributed by atoms with Crippen LogP contribution in [0.15, 0.2) is 0 Å². The molecule has 0 unspecified atom stereocenters. The molecule has 0 aromatic carbocycles. The fourth-order valence-corrected chi connectivity index (χ4v) is 3.31. The van der Waals surface area contributed by atoms with Crippen molar-refractivity contribution in [1.29, 1.82) is 0 Å². The van der Waals surface area contributed by atoms with Gasteiger partial charge in [0.05, 0.1) is 18.9 Å². The van der Waals surface area contributed by atoms with E-state index < -0.39 is 11.2 Å². The third kappa shape index (κ3) is 3.71. The summed E-state index contributed by atoms with van der Waals surface area (Å²) in [6.07, 6.45) is -4.37. The van der Waals surface area contributed by atoms with Crippen LogP contribution in [0.5, 0.6) is 0 Å². The third-order valence-electron chi connectivity index (χ3n) is 3.12. The van der Waals surface area contributed by atoms with E-state index in [2.05, 4.69) is 9.88 Å². The van der Waals surface area contributed by atoms with Gasteiger partial charge >= 0.3 is 6.18 Å². The smallest absolute Gasteiger partial charge is 0.379 e. The SMILES string of the molecule is CC(C)(C)c1nc(C(F)(F)F)sc1CN1CCOCC1. The zero-order valence-corrected chi connectivity index (χ0v) is 12.7. The minimum absolute atomic E-state index is 0.387. The van der Waals surface area contributed by atoms with Gasteiger partial charge in [0.25, 0.3) is 0 Å². The molecule has 1 aromatic rings. The Morgan fingerprint density at radius 2 is 1.80 bits per heavy atom. The number of hydrogen-bond donors (Lipinski definition) is 0. The lowest BCUT2D eigenvalue weighted by atomic mass is 9.91. The molecule has 1 saturated heterocycles. The van der Waals surface area contributed by atoms with Gasteiger partial charge in [-0.25, -0.2) is 4.98 Å². The summed E-state index contributed by atoms with van der Waals surface area (Å²) in [5.41, 5.74) is 0.169. The van der Waals surface area contributed by atoms with Crippen molar-refractivity contribution in [1.82, 2.24) is 9.88 Å². The molecule has 0 bridgehead atoms. The van der Waals surface area contributed by atoms with Gasteiger partial charge in [-0.3, -0.25) is 4.90 Å². The lowest BCUT2D eigenvalue weighted by molar-refractivity contribution is -0.137. The predicted molar refractivity (Wildman–Crippen MR) is 71.9 cm³/mol. The second-order valence-corrected chi connectivity index (χ2v) is 7.01. The van der Waals surface area contributed by atoms with Crippen LogP contribution in [0, 0.1) is 0 Å². The van der Waals surface area contributed by atoms with E-state index >= 15 is 0 Å². The first-order valence-corrected chi connectivity index (χ1v) is 7.37. The molecule has 1 aliphatic rings. The van der Waals surface area contributed by atoms with Gasteiger partial charge in [-0.1, -0.05) is 20.8 Å². The maximum atomic E-state index is 12.9. The Hall–Kier alpha value is -0.660. The lowest BCUT2D eigenvalue weighted by Crippen LogP contribution is -2.36. The van der Waals surface area contributed by atoms with Crippen LogP contribution in [0.3, 0.4) is 0 Å². The van der Waals surface area contributed by atoms with Crippen LogP contribution in [0.1, 0.15) is 36.3 Å². The Balaban J connectivity index is 2.27. The summed E-state index contributed by atoms with van der Waals surface area (Å²) >= 11 is 0.768. The van der Waals surface area contributed by atoms with Crippen molar-refractivity contribution >= 4 is 11.3 Å². The molecule has 2 heterocycles. The summed E-state index contributed by atoms with van der Waals surface area (Å²) in [6.45, 7) is 8.97.